The Morgan fingerprint density at radius 3 is 2.63 bits per heavy atom. The average molecular weight is 277 g/mol. The molecule has 0 fully saturated rings. The molecule has 0 heterocycles. The SMILES string of the molecule is Cc1ccc(Cl)c(Nc2ccc(C(=O)O)c(N)c2)c1. The van der Waals surface area contributed by atoms with Gasteiger partial charge in [0.15, 0.2) is 0 Å². The molecule has 0 unspecified atom stereocenters. The van der Waals surface area contributed by atoms with E-state index in [0.717, 1.165) is 11.3 Å². The van der Waals surface area contributed by atoms with Crippen LogP contribution in [0.15, 0.2) is 36.4 Å². The number of carboxylic acids is 1. The standard InChI is InChI=1S/C14H13ClN2O2/c1-8-2-5-11(15)13(6-8)17-9-3-4-10(14(18)19)12(16)7-9/h2-7,17H,16H2,1H3,(H,18,19). The number of nitrogens with two attached hydrogens (primary N) is 1. The maximum Gasteiger partial charge on any atom is 0.337 e. The topological polar surface area (TPSA) is 75.3 Å². The van der Waals surface area contributed by atoms with E-state index in [4.69, 9.17) is 22.4 Å². The van der Waals surface area contributed by atoms with Crippen LogP contribution in [-0.4, -0.2) is 11.1 Å². The molecule has 0 aromatic heterocycles. The molecule has 4 N–H and O–H groups in total. The molecule has 0 saturated carbocycles. The maximum atomic E-state index is 10.9. The molecule has 4 nitrogen and oxygen atoms in total. The van der Waals surface area contributed by atoms with Gasteiger partial charge in [0.25, 0.3) is 0 Å². The lowest BCUT2D eigenvalue weighted by Gasteiger charge is -2.11. The van der Waals surface area contributed by atoms with E-state index in [-0.39, 0.29) is 11.3 Å². The van der Waals surface area contributed by atoms with E-state index in [1.54, 1.807) is 18.2 Å². The molecule has 5 heteroatoms. The quantitative estimate of drug-likeness (QED) is 0.748. The van der Waals surface area contributed by atoms with Gasteiger partial charge in [-0.1, -0.05) is 17.7 Å². The number of hydrogen-bond donors (Lipinski definition) is 3. The zero-order chi connectivity index (χ0) is 14.0. The van der Waals surface area contributed by atoms with Gasteiger partial charge in [-0.3, -0.25) is 0 Å². The lowest BCUT2D eigenvalue weighted by atomic mass is 10.1. The van der Waals surface area contributed by atoms with Crippen LogP contribution in [0.1, 0.15) is 15.9 Å². The minimum atomic E-state index is -1.04. The fourth-order valence-corrected chi connectivity index (χ4v) is 1.89. The van der Waals surface area contributed by atoms with E-state index < -0.39 is 5.97 Å². The zero-order valence-corrected chi connectivity index (χ0v) is 11.0. The number of aryl methyl sites for hydroxylation is 1. The van der Waals surface area contributed by atoms with Crippen molar-refractivity contribution in [2.75, 3.05) is 11.1 Å². The molecule has 0 radical (unpaired) electrons. The number of anilines is 3. The van der Waals surface area contributed by atoms with Crippen molar-refractivity contribution in [1.29, 1.82) is 0 Å². The summed E-state index contributed by atoms with van der Waals surface area (Å²) in [5, 5.41) is 12.6. The maximum absolute atomic E-state index is 10.9. The van der Waals surface area contributed by atoms with Crippen molar-refractivity contribution in [3.63, 3.8) is 0 Å². The van der Waals surface area contributed by atoms with Crippen LogP contribution < -0.4 is 11.1 Å². The number of nitrogen functional groups attached to an aromatic ring is 1. The fourth-order valence-electron chi connectivity index (χ4n) is 1.73. The van der Waals surface area contributed by atoms with Gasteiger partial charge < -0.3 is 16.2 Å². The number of rotatable bonds is 3. The number of hydrogen-bond acceptors (Lipinski definition) is 3. The molecule has 0 spiro atoms. The Balaban J connectivity index is 2.31. The van der Waals surface area contributed by atoms with Crippen LogP contribution in [-0.2, 0) is 0 Å². The highest BCUT2D eigenvalue weighted by Gasteiger charge is 2.08. The van der Waals surface area contributed by atoms with Crippen molar-refractivity contribution in [2.45, 2.75) is 6.92 Å². The van der Waals surface area contributed by atoms with Crippen LogP contribution in [0.2, 0.25) is 5.02 Å². The summed E-state index contributed by atoms with van der Waals surface area (Å²) in [6, 6.07) is 10.3. The van der Waals surface area contributed by atoms with Crippen molar-refractivity contribution in [3.05, 3.63) is 52.5 Å². The van der Waals surface area contributed by atoms with E-state index >= 15 is 0 Å². The Morgan fingerprint density at radius 1 is 1.26 bits per heavy atom. The number of carboxylic acid groups (broad SMARTS) is 1. The molecule has 19 heavy (non-hydrogen) atoms. The van der Waals surface area contributed by atoms with E-state index in [9.17, 15) is 4.79 Å². The predicted octanol–water partition coefficient (Wildman–Crippen LogP) is 3.67. The van der Waals surface area contributed by atoms with Crippen LogP contribution in [0.25, 0.3) is 0 Å². The van der Waals surface area contributed by atoms with Gasteiger partial charge in [0.1, 0.15) is 0 Å². The van der Waals surface area contributed by atoms with Crippen molar-refractivity contribution in [1.82, 2.24) is 0 Å². The average Bonchev–Trinajstić information content (AvgIpc) is 2.33. The monoisotopic (exact) mass is 276 g/mol. The lowest BCUT2D eigenvalue weighted by Crippen LogP contribution is -2.03. The number of benzene rings is 2. The second kappa shape index (κ2) is 5.20. The van der Waals surface area contributed by atoms with Gasteiger partial charge >= 0.3 is 5.97 Å². The molecule has 2 rings (SSSR count). The normalized spacial score (nSPS) is 10.2. The first-order valence-electron chi connectivity index (χ1n) is 5.63. The second-order valence-corrected chi connectivity index (χ2v) is 4.62. The summed E-state index contributed by atoms with van der Waals surface area (Å²) < 4.78 is 0. The summed E-state index contributed by atoms with van der Waals surface area (Å²) in [4.78, 5) is 10.9. The zero-order valence-electron chi connectivity index (χ0n) is 10.3. The first-order chi connectivity index (χ1) is 8.97. The lowest BCUT2D eigenvalue weighted by molar-refractivity contribution is 0.0698. The number of nitrogens with one attached hydrogen (secondary N) is 1. The van der Waals surface area contributed by atoms with Gasteiger partial charge in [-0.15, -0.1) is 0 Å². The molecule has 0 amide bonds. The first-order valence-corrected chi connectivity index (χ1v) is 6.01. The van der Waals surface area contributed by atoms with Crippen molar-refractivity contribution < 1.29 is 9.90 Å². The molecule has 2 aromatic carbocycles. The van der Waals surface area contributed by atoms with Gasteiger partial charge in [-0.05, 0) is 42.8 Å². The number of carbonyl (C=O) groups is 1. The summed E-state index contributed by atoms with van der Waals surface area (Å²) in [6.45, 7) is 1.96. The second-order valence-electron chi connectivity index (χ2n) is 4.22. The molecule has 2 aromatic rings. The Kier molecular flexibility index (Phi) is 3.62. The van der Waals surface area contributed by atoms with Crippen molar-refractivity contribution >= 4 is 34.6 Å². The highest BCUT2D eigenvalue weighted by atomic mass is 35.5. The van der Waals surface area contributed by atoms with Crippen LogP contribution in [0.4, 0.5) is 17.1 Å². The Hall–Kier alpha value is -2.20. The van der Waals surface area contributed by atoms with E-state index in [2.05, 4.69) is 5.32 Å². The number of aromatic carboxylic acids is 1. The number of halogens is 1. The molecule has 0 saturated heterocycles. The Bertz CT molecular complexity index is 641. The van der Waals surface area contributed by atoms with Gasteiger partial charge in [0.05, 0.1) is 16.3 Å². The smallest absolute Gasteiger partial charge is 0.337 e. The van der Waals surface area contributed by atoms with Crippen LogP contribution in [0.3, 0.4) is 0 Å². The molecule has 0 aliphatic rings. The molecule has 0 aliphatic carbocycles. The third-order valence-electron chi connectivity index (χ3n) is 2.68. The van der Waals surface area contributed by atoms with Crippen LogP contribution in [0, 0.1) is 6.92 Å². The molecule has 0 aliphatic heterocycles. The summed E-state index contributed by atoms with van der Waals surface area (Å²) in [6.07, 6.45) is 0. The minimum absolute atomic E-state index is 0.0842. The summed E-state index contributed by atoms with van der Waals surface area (Å²) in [5.41, 5.74) is 8.50. The van der Waals surface area contributed by atoms with Crippen LogP contribution in [0.5, 0.6) is 0 Å². The molecular weight excluding hydrogens is 264 g/mol. The Morgan fingerprint density at radius 2 is 2.00 bits per heavy atom. The third kappa shape index (κ3) is 2.98. The third-order valence-corrected chi connectivity index (χ3v) is 3.01. The van der Waals surface area contributed by atoms with E-state index in [1.165, 1.54) is 6.07 Å². The van der Waals surface area contributed by atoms with Gasteiger partial charge in [-0.2, -0.15) is 0 Å². The minimum Gasteiger partial charge on any atom is -0.478 e. The molecule has 0 bridgehead atoms. The Labute approximate surface area is 115 Å². The molecular formula is C14H13ClN2O2. The van der Waals surface area contributed by atoms with E-state index in [0.29, 0.717) is 10.7 Å². The summed E-state index contributed by atoms with van der Waals surface area (Å²) in [5.74, 6) is -1.04. The molecule has 98 valence electrons. The predicted molar refractivity (Wildman–Crippen MR) is 77.3 cm³/mol. The van der Waals surface area contributed by atoms with Gasteiger partial charge in [0.2, 0.25) is 0 Å². The highest BCUT2D eigenvalue weighted by Crippen LogP contribution is 2.28. The highest BCUT2D eigenvalue weighted by molar-refractivity contribution is 6.33. The van der Waals surface area contributed by atoms with Gasteiger partial charge in [0, 0.05) is 11.4 Å². The summed E-state index contributed by atoms with van der Waals surface area (Å²) >= 11 is 6.08. The van der Waals surface area contributed by atoms with Crippen molar-refractivity contribution in [2.24, 2.45) is 0 Å². The summed E-state index contributed by atoms with van der Waals surface area (Å²) in [7, 11) is 0. The van der Waals surface area contributed by atoms with Crippen molar-refractivity contribution in [3.8, 4) is 0 Å². The molecule has 0 atom stereocenters. The first kappa shape index (κ1) is 13.2. The van der Waals surface area contributed by atoms with Gasteiger partial charge in [-0.25, -0.2) is 4.79 Å². The largest absolute Gasteiger partial charge is 0.478 e. The fraction of sp³-hybridized carbons (Fsp3) is 0.0714. The van der Waals surface area contributed by atoms with E-state index in [1.807, 2.05) is 19.1 Å². The van der Waals surface area contributed by atoms with Crippen LogP contribution >= 0.6 is 11.6 Å².